The number of piperidine rings is 1. The van der Waals surface area contributed by atoms with Crippen molar-refractivity contribution in [3.05, 3.63) is 29.3 Å². The van der Waals surface area contributed by atoms with E-state index in [1.807, 2.05) is 0 Å². The number of benzene rings is 1. The molecule has 2 fully saturated rings. The van der Waals surface area contributed by atoms with E-state index >= 15 is 0 Å². The van der Waals surface area contributed by atoms with E-state index in [0.29, 0.717) is 41.1 Å². The van der Waals surface area contributed by atoms with Crippen LogP contribution in [0.15, 0.2) is 23.1 Å². The van der Waals surface area contributed by atoms with Gasteiger partial charge in [-0.05, 0) is 68.8 Å². The number of nitriles is 1. The summed E-state index contributed by atoms with van der Waals surface area (Å²) >= 11 is 0. The zero-order chi connectivity index (χ0) is 16.4. The van der Waals surface area contributed by atoms with Gasteiger partial charge in [-0.25, -0.2) is 8.42 Å². The second-order valence-electron chi connectivity index (χ2n) is 6.53. The van der Waals surface area contributed by atoms with Gasteiger partial charge < -0.3 is 5.32 Å². The van der Waals surface area contributed by atoms with E-state index in [1.54, 1.807) is 29.4 Å². The van der Waals surface area contributed by atoms with Crippen molar-refractivity contribution in [3.8, 4) is 6.07 Å². The number of rotatable bonds is 3. The Balaban J connectivity index is 1.71. The predicted molar refractivity (Wildman–Crippen MR) is 88.4 cm³/mol. The van der Waals surface area contributed by atoms with E-state index in [2.05, 4.69) is 11.4 Å². The van der Waals surface area contributed by atoms with Gasteiger partial charge in [-0.15, -0.1) is 0 Å². The summed E-state index contributed by atoms with van der Waals surface area (Å²) in [4.78, 5) is 0.298. The van der Waals surface area contributed by atoms with Gasteiger partial charge in [0.05, 0.1) is 16.5 Å². The first kappa shape index (κ1) is 16.4. The van der Waals surface area contributed by atoms with E-state index in [9.17, 15) is 8.42 Å². The van der Waals surface area contributed by atoms with Crippen LogP contribution in [0.4, 0.5) is 0 Å². The zero-order valence-electron chi connectivity index (χ0n) is 13.5. The number of sulfonamides is 1. The summed E-state index contributed by atoms with van der Waals surface area (Å²) in [6, 6.07) is 7.39. The SMILES string of the molecule is Cc1cc(S(=O)(=O)N2CCC(C3CCCN3)CC2)ccc1C#N. The summed E-state index contributed by atoms with van der Waals surface area (Å²) < 4.78 is 27.2. The molecule has 0 spiro atoms. The van der Waals surface area contributed by atoms with Crippen LogP contribution in [0.2, 0.25) is 0 Å². The Hall–Kier alpha value is -1.42. The monoisotopic (exact) mass is 333 g/mol. The standard InChI is InChI=1S/C17H23N3O2S/c1-13-11-16(5-4-15(13)12-18)23(21,22)20-9-6-14(7-10-20)17-3-2-8-19-17/h4-5,11,14,17,19H,2-3,6-10H2,1H3. The van der Waals surface area contributed by atoms with Crippen molar-refractivity contribution in [2.24, 2.45) is 5.92 Å². The molecule has 0 saturated carbocycles. The molecule has 1 unspecified atom stereocenters. The first-order valence-electron chi connectivity index (χ1n) is 8.26. The lowest BCUT2D eigenvalue weighted by atomic mass is 9.89. The highest BCUT2D eigenvalue weighted by Crippen LogP contribution is 2.29. The fourth-order valence-corrected chi connectivity index (χ4v) is 5.26. The maximum atomic E-state index is 12.8. The molecular formula is C17H23N3O2S. The van der Waals surface area contributed by atoms with Gasteiger partial charge in [0.2, 0.25) is 10.0 Å². The fourth-order valence-electron chi connectivity index (χ4n) is 3.70. The Kier molecular flexibility index (Phi) is 4.72. The Morgan fingerprint density at radius 1 is 1.26 bits per heavy atom. The van der Waals surface area contributed by atoms with Gasteiger partial charge in [-0.2, -0.15) is 9.57 Å². The van der Waals surface area contributed by atoms with Crippen LogP contribution in [-0.4, -0.2) is 38.4 Å². The highest BCUT2D eigenvalue weighted by molar-refractivity contribution is 7.89. The molecule has 1 atom stereocenters. The van der Waals surface area contributed by atoms with Crippen LogP contribution < -0.4 is 5.32 Å². The van der Waals surface area contributed by atoms with Gasteiger partial charge >= 0.3 is 0 Å². The van der Waals surface area contributed by atoms with Crippen molar-refractivity contribution in [1.82, 2.24) is 9.62 Å². The van der Waals surface area contributed by atoms with Crippen LogP contribution in [-0.2, 0) is 10.0 Å². The molecule has 0 radical (unpaired) electrons. The molecule has 0 aliphatic carbocycles. The predicted octanol–water partition coefficient (Wildman–Crippen LogP) is 2.02. The van der Waals surface area contributed by atoms with Gasteiger partial charge in [0.1, 0.15) is 0 Å². The van der Waals surface area contributed by atoms with Crippen LogP contribution in [0, 0.1) is 24.2 Å². The zero-order valence-corrected chi connectivity index (χ0v) is 14.3. The Morgan fingerprint density at radius 2 is 2.00 bits per heavy atom. The molecule has 0 bridgehead atoms. The van der Waals surface area contributed by atoms with Gasteiger partial charge in [0.25, 0.3) is 0 Å². The largest absolute Gasteiger partial charge is 0.314 e. The van der Waals surface area contributed by atoms with Gasteiger partial charge in [-0.3, -0.25) is 0 Å². The third kappa shape index (κ3) is 3.27. The van der Waals surface area contributed by atoms with Crippen LogP contribution in [0.25, 0.3) is 0 Å². The second kappa shape index (κ2) is 6.60. The Morgan fingerprint density at radius 3 is 2.57 bits per heavy atom. The van der Waals surface area contributed by atoms with Gasteiger partial charge in [-0.1, -0.05) is 0 Å². The third-order valence-corrected chi connectivity index (χ3v) is 7.02. The molecule has 5 nitrogen and oxygen atoms in total. The Labute approximate surface area is 138 Å². The van der Waals surface area contributed by atoms with Gasteiger partial charge in [0.15, 0.2) is 0 Å². The minimum absolute atomic E-state index is 0.298. The normalized spacial score (nSPS) is 23.7. The number of hydrogen-bond donors (Lipinski definition) is 1. The third-order valence-electron chi connectivity index (χ3n) is 5.12. The molecule has 3 rings (SSSR count). The average Bonchev–Trinajstić information content (AvgIpc) is 3.09. The summed E-state index contributed by atoms with van der Waals surface area (Å²) in [5, 5.41) is 12.5. The summed E-state index contributed by atoms with van der Waals surface area (Å²) in [6.07, 6.45) is 4.29. The second-order valence-corrected chi connectivity index (χ2v) is 8.47. The molecule has 2 heterocycles. The van der Waals surface area contributed by atoms with Gasteiger partial charge in [0, 0.05) is 19.1 Å². The van der Waals surface area contributed by atoms with Crippen LogP contribution in [0.3, 0.4) is 0 Å². The number of nitrogens with one attached hydrogen (secondary N) is 1. The van der Waals surface area contributed by atoms with Crippen molar-refractivity contribution in [2.45, 2.75) is 43.5 Å². The summed E-state index contributed by atoms with van der Waals surface area (Å²) in [6.45, 7) is 4.04. The summed E-state index contributed by atoms with van der Waals surface area (Å²) in [5.41, 5.74) is 1.23. The first-order chi connectivity index (χ1) is 11.0. The number of hydrogen-bond acceptors (Lipinski definition) is 4. The number of aryl methyl sites for hydroxylation is 1. The molecule has 1 N–H and O–H groups in total. The van der Waals surface area contributed by atoms with E-state index in [4.69, 9.17) is 5.26 Å². The molecule has 2 aliphatic heterocycles. The van der Waals surface area contributed by atoms with Crippen LogP contribution >= 0.6 is 0 Å². The molecule has 0 aromatic heterocycles. The van der Waals surface area contributed by atoms with E-state index in [-0.39, 0.29) is 0 Å². The Bertz CT molecular complexity index is 710. The van der Waals surface area contributed by atoms with Crippen molar-refractivity contribution in [1.29, 1.82) is 5.26 Å². The molecule has 124 valence electrons. The molecule has 1 aromatic rings. The smallest absolute Gasteiger partial charge is 0.243 e. The minimum atomic E-state index is -3.45. The van der Waals surface area contributed by atoms with E-state index < -0.39 is 10.0 Å². The molecule has 23 heavy (non-hydrogen) atoms. The van der Waals surface area contributed by atoms with Crippen molar-refractivity contribution >= 4 is 10.0 Å². The molecule has 1 aromatic carbocycles. The van der Waals surface area contributed by atoms with Crippen LogP contribution in [0.5, 0.6) is 0 Å². The summed E-state index contributed by atoms with van der Waals surface area (Å²) in [7, 11) is -3.45. The fraction of sp³-hybridized carbons (Fsp3) is 0.588. The van der Waals surface area contributed by atoms with E-state index in [0.717, 1.165) is 19.4 Å². The molecule has 2 saturated heterocycles. The van der Waals surface area contributed by atoms with Crippen molar-refractivity contribution in [3.63, 3.8) is 0 Å². The highest BCUT2D eigenvalue weighted by atomic mass is 32.2. The quantitative estimate of drug-likeness (QED) is 0.918. The maximum absolute atomic E-state index is 12.8. The average molecular weight is 333 g/mol. The van der Waals surface area contributed by atoms with Crippen LogP contribution in [0.1, 0.15) is 36.8 Å². The molecule has 6 heteroatoms. The number of nitrogens with zero attached hydrogens (tertiary/aromatic N) is 2. The van der Waals surface area contributed by atoms with E-state index in [1.165, 1.54) is 12.8 Å². The van der Waals surface area contributed by atoms with Crippen molar-refractivity contribution in [2.75, 3.05) is 19.6 Å². The lowest BCUT2D eigenvalue weighted by molar-refractivity contribution is 0.234. The molecular weight excluding hydrogens is 310 g/mol. The first-order valence-corrected chi connectivity index (χ1v) is 9.70. The van der Waals surface area contributed by atoms with Crippen molar-refractivity contribution < 1.29 is 8.42 Å². The highest BCUT2D eigenvalue weighted by Gasteiger charge is 2.33. The summed E-state index contributed by atoms with van der Waals surface area (Å²) in [5.74, 6) is 0.589. The maximum Gasteiger partial charge on any atom is 0.243 e. The molecule has 0 amide bonds. The minimum Gasteiger partial charge on any atom is -0.314 e. The molecule has 2 aliphatic rings. The lowest BCUT2D eigenvalue weighted by Crippen LogP contribution is -2.43. The lowest BCUT2D eigenvalue weighted by Gasteiger charge is -2.34. The topological polar surface area (TPSA) is 73.2 Å².